The number of fused-ring (bicyclic) bond motifs is 1. The summed E-state index contributed by atoms with van der Waals surface area (Å²) in [5.74, 6) is 0. The highest BCUT2D eigenvalue weighted by atomic mass is 79.9. The molecule has 1 heterocycles. The fourth-order valence-corrected chi connectivity index (χ4v) is 2.67. The van der Waals surface area contributed by atoms with Crippen molar-refractivity contribution in [3.63, 3.8) is 0 Å². The fourth-order valence-electron chi connectivity index (χ4n) is 2.16. The van der Waals surface area contributed by atoms with E-state index in [1.807, 2.05) is 48.7 Å². The molecule has 0 spiro atoms. The Morgan fingerprint density at radius 3 is 2.65 bits per heavy atom. The Bertz CT molecular complexity index is 773. The number of rotatable bonds is 2. The first-order valence-electron chi connectivity index (χ1n) is 6.20. The molecule has 2 aromatic carbocycles. The maximum Gasteiger partial charge on any atom is 0.0702 e. The molecule has 0 fully saturated rings. The topological polar surface area (TPSA) is 38.9 Å². The average molecular weight is 348 g/mol. The van der Waals surface area contributed by atoms with Gasteiger partial charge in [0.25, 0.3) is 0 Å². The predicted octanol–water partition coefficient (Wildman–Crippen LogP) is 4.70. The average Bonchev–Trinajstić information content (AvgIpc) is 2.49. The Balaban J connectivity index is 2.02. The van der Waals surface area contributed by atoms with Gasteiger partial charge in [0.05, 0.1) is 16.6 Å². The highest BCUT2D eigenvalue weighted by Crippen LogP contribution is 2.28. The van der Waals surface area contributed by atoms with Gasteiger partial charge in [-0.2, -0.15) is 0 Å². The molecule has 1 aromatic heterocycles. The normalized spacial score (nSPS) is 12.6. The number of para-hydroxylation sites is 1. The molecule has 2 N–H and O–H groups in total. The minimum absolute atomic E-state index is 0.222. The second-order valence-electron chi connectivity index (χ2n) is 4.61. The van der Waals surface area contributed by atoms with Crippen molar-refractivity contribution in [3.8, 4) is 0 Å². The lowest BCUT2D eigenvalue weighted by Crippen LogP contribution is -2.12. The lowest BCUT2D eigenvalue weighted by atomic mass is 10.00. The molecule has 0 aliphatic heterocycles. The summed E-state index contributed by atoms with van der Waals surface area (Å²) in [7, 11) is 0. The third-order valence-corrected chi connectivity index (χ3v) is 4.49. The molecular weight excluding hydrogens is 336 g/mol. The Morgan fingerprint density at radius 2 is 1.85 bits per heavy atom. The highest BCUT2D eigenvalue weighted by Gasteiger charge is 2.11. The van der Waals surface area contributed by atoms with Crippen molar-refractivity contribution in [2.75, 3.05) is 0 Å². The van der Waals surface area contributed by atoms with E-state index in [4.69, 9.17) is 17.3 Å². The fraction of sp³-hybridized carbons (Fsp3) is 0.0625. The summed E-state index contributed by atoms with van der Waals surface area (Å²) in [4.78, 5) is 4.45. The van der Waals surface area contributed by atoms with Crippen molar-refractivity contribution >= 4 is 38.4 Å². The molecule has 0 radical (unpaired) electrons. The molecule has 4 heteroatoms. The Morgan fingerprint density at radius 1 is 1.05 bits per heavy atom. The number of pyridine rings is 1. The van der Waals surface area contributed by atoms with Gasteiger partial charge in [-0.1, -0.05) is 35.9 Å². The van der Waals surface area contributed by atoms with Crippen molar-refractivity contribution < 1.29 is 0 Å². The van der Waals surface area contributed by atoms with Crippen LogP contribution in [-0.2, 0) is 0 Å². The summed E-state index contributed by atoms with van der Waals surface area (Å²) in [5.41, 5.74) is 9.28. The molecule has 100 valence electrons. The van der Waals surface area contributed by atoms with E-state index in [2.05, 4.69) is 27.0 Å². The monoisotopic (exact) mass is 346 g/mol. The summed E-state index contributed by atoms with van der Waals surface area (Å²) in [6.07, 6.45) is 1.83. The van der Waals surface area contributed by atoms with Crippen LogP contribution < -0.4 is 5.73 Å². The minimum atomic E-state index is -0.222. The quantitative estimate of drug-likeness (QED) is 0.730. The zero-order chi connectivity index (χ0) is 14.1. The van der Waals surface area contributed by atoms with Gasteiger partial charge in [-0.25, -0.2) is 0 Å². The van der Waals surface area contributed by atoms with Crippen LogP contribution in [0, 0.1) is 0 Å². The van der Waals surface area contributed by atoms with Gasteiger partial charge in [-0.15, -0.1) is 0 Å². The SMILES string of the molecule is NC(c1ccc(Cl)c(Br)c1)c1cnc2ccccc2c1. The highest BCUT2D eigenvalue weighted by molar-refractivity contribution is 9.10. The lowest BCUT2D eigenvalue weighted by Gasteiger charge is -2.13. The van der Waals surface area contributed by atoms with Gasteiger partial charge in [0.1, 0.15) is 0 Å². The number of halogens is 2. The second kappa shape index (κ2) is 5.52. The van der Waals surface area contributed by atoms with E-state index in [0.29, 0.717) is 5.02 Å². The van der Waals surface area contributed by atoms with Crippen molar-refractivity contribution in [3.05, 3.63) is 75.4 Å². The second-order valence-corrected chi connectivity index (χ2v) is 5.87. The van der Waals surface area contributed by atoms with Gasteiger partial charge in [-0.05, 0) is 51.3 Å². The zero-order valence-electron chi connectivity index (χ0n) is 10.6. The van der Waals surface area contributed by atoms with Crippen LogP contribution in [0.4, 0.5) is 0 Å². The maximum absolute atomic E-state index is 6.32. The first-order chi connectivity index (χ1) is 9.65. The van der Waals surface area contributed by atoms with E-state index in [-0.39, 0.29) is 6.04 Å². The Hall–Kier alpha value is -1.42. The Labute approximate surface area is 130 Å². The van der Waals surface area contributed by atoms with Crippen molar-refractivity contribution in [1.82, 2.24) is 4.98 Å². The van der Waals surface area contributed by atoms with Crippen LogP contribution in [0.1, 0.15) is 17.2 Å². The van der Waals surface area contributed by atoms with Crippen molar-refractivity contribution in [2.45, 2.75) is 6.04 Å². The van der Waals surface area contributed by atoms with Crippen LogP contribution in [0.25, 0.3) is 10.9 Å². The number of nitrogens with two attached hydrogens (primary N) is 1. The van der Waals surface area contributed by atoms with E-state index in [1.165, 1.54) is 0 Å². The summed E-state index contributed by atoms with van der Waals surface area (Å²) in [6.45, 7) is 0. The van der Waals surface area contributed by atoms with Crippen LogP contribution in [0.2, 0.25) is 5.02 Å². The van der Waals surface area contributed by atoms with Gasteiger partial charge in [-0.3, -0.25) is 4.98 Å². The van der Waals surface area contributed by atoms with Gasteiger partial charge < -0.3 is 5.73 Å². The number of hydrogen-bond acceptors (Lipinski definition) is 2. The Kier molecular flexibility index (Phi) is 3.74. The number of hydrogen-bond donors (Lipinski definition) is 1. The summed E-state index contributed by atoms with van der Waals surface area (Å²) in [5, 5.41) is 1.77. The van der Waals surface area contributed by atoms with Crippen LogP contribution in [0.5, 0.6) is 0 Å². The van der Waals surface area contributed by atoms with E-state index in [1.54, 1.807) is 0 Å². The van der Waals surface area contributed by atoms with Crippen LogP contribution >= 0.6 is 27.5 Å². The number of benzene rings is 2. The molecule has 0 aliphatic rings. The molecular formula is C16H12BrClN2. The standard InChI is InChI=1S/C16H12BrClN2/c17-13-8-11(5-6-14(13)18)16(19)12-7-10-3-1-2-4-15(10)20-9-12/h1-9,16H,19H2. The lowest BCUT2D eigenvalue weighted by molar-refractivity contribution is 0.866. The summed E-state index contributed by atoms with van der Waals surface area (Å²) in [6, 6.07) is 15.6. The van der Waals surface area contributed by atoms with E-state index in [0.717, 1.165) is 26.5 Å². The predicted molar refractivity (Wildman–Crippen MR) is 86.9 cm³/mol. The minimum Gasteiger partial charge on any atom is -0.320 e. The molecule has 0 saturated heterocycles. The van der Waals surface area contributed by atoms with Gasteiger partial charge >= 0.3 is 0 Å². The maximum atomic E-state index is 6.32. The molecule has 0 bridgehead atoms. The molecule has 3 aromatic rings. The molecule has 0 aliphatic carbocycles. The molecule has 1 atom stereocenters. The van der Waals surface area contributed by atoms with Gasteiger partial charge in [0.2, 0.25) is 0 Å². The third-order valence-electron chi connectivity index (χ3n) is 3.27. The molecule has 0 amide bonds. The first kappa shape index (κ1) is 13.6. The van der Waals surface area contributed by atoms with Crippen LogP contribution in [0.15, 0.2) is 59.2 Å². The molecule has 2 nitrogen and oxygen atoms in total. The van der Waals surface area contributed by atoms with Gasteiger partial charge in [0.15, 0.2) is 0 Å². The summed E-state index contributed by atoms with van der Waals surface area (Å²) >= 11 is 9.43. The smallest absolute Gasteiger partial charge is 0.0702 e. The van der Waals surface area contributed by atoms with Gasteiger partial charge in [0, 0.05) is 16.1 Å². The third kappa shape index (κ3) is 2.57. The van der Waals surface area contributed by atoms with Crippen molar-refractivity contribution in [2.24, 2.45) is 5.73 Å². The van der Waals surface area contributed by atoms with E-state index >= 15 is 0 Å². The molecule has 20 heavy (non-hydrogen) atoms. The summed E-state index contributed by atoms with van der Waals surface area (Å²) < 4.78 is 0.848. The molecule has 1 unspecified atom stereocenters. The van der Waals surface area contributed by atoms with Crippen LogP contribution in [0.3, 0.4) is 0 Å². The zero-order valence-corrected chi connectivity index (χ0v) is 12.9. The van der Waals surface area contributed by atoms with Crippen molar-refractivity contribution in [1.29, 1.82) is 0 Å². The number of aromatic nitrogens is 1. The molecule has 3 rings (SSSR count). The molecule has 0 saturated carbocycles. The first-order valence-corrected chi connectivity index (χ1v) is 7.37. The largest absolute Gasteiger partial charge is 0.320 e. The number of nitrogens with zero attached hydrogens (tertiary/aromatic N) is 1. The van der Waals surface area contributed by atoms with E-state index < -0.39 is 0 Å². The van der Waals surface area contributed by atoms with Crippen LogP contribution in [-0.4, -0.2) is 4.98 Å². The van der Waals surface area contributed by atoms with E-state index in [9.17, 15) is 0 Å².